The van der Waals surface area contributed by atoms with Gasteiger partial charge in [0.25, 0.3) is 0 Å². The van der Waals surface area contributed by atoms with E-state index in [1.54, 1.807) is 11.1 Å². The second-order valence-electron chi connectivity index (χ2n) is 6.31. The Bertz CT molecular complexity index is 408. The van der Waals surface area contributed by atoms with Crippen LogP contribution in [0.1, 0.15) is 60.8 Å². The molecule has 0 spiro atoms. The van der Waals surface area contributed by atoms with E-state index < -0.39 is 0 Å². The van der Waals surface area contributed by atoms with Gasteiger partial charge in [0.1, 0.15) is 5.82 Å². The molecule has 5 heteroatoms. The van der Waals surface area contributed by atoms with Gasteiger partial charge in [-0.3, -0.25) is 5.84 Å². The Hall–Kier alpha value is -1.43. The monoisotopic (exact) mass is 379 g/mol. The van der Waals surface area contributed by atoms with Crippen molar-refractivity contribution in [3.05, 3.63) is 37.1 Å². The molecule has 2 saturated heterocycles. The maximum Gasteiger partial charge on any atom is 0.128 e. The normalized spacial score (nSPS) is 19.0. The van der Waals surface area contributed by atoms with Crippen LogP contribution in [0.15, 0.2) is 37.1 Å². The highest BCUT2D eigenvalue weighted by atomic mass is 15.4. The molecule has 2 aliphatic heterocycles. The summed E-state index contributed by atoms with van der Waals surface area (Å²) in [5.41, 5.74) is 5.50. The average Bonchev–Trinajstić information content (AvgIpc) is 3.10. The van der Waals surface area contributed by atoms with Crippen LogP contribution in [-0.2, 0) is 0 Å². The van der Waals surface area contributed by atoms with Crippen LogP contribution < -0.4 is 16.5 Å². The molecule has 3 heterocycles. The zero-order valence-electron chi connectivity index (χ0n) is 18.7. The van der Waals surface area contributed by atoms with Gasteiger partial charge >= 0.3 is 0 Å². The number of allylic oxidation sites excluding steroid dienone is 1. The first-order valence-electron chi connectivity index (χ1n) is 10.5. The zero-order chi connectivity index (χ0) is 21.1. The fourth-order valence-corrected chi connectivity index (χ4v) is 2.59. The SMILES string of the molecule is C=CC.CC.CC.CC1CCN(c2ccccn2)CC1.N[C@H]1CCN(N)C1. The highest BCUT2D eigenvalue weighted by Gasteiger charge is 2.16. The summed E-state index contributed by atoms with van der Waals surface area (Å²) in [6.45, 7) is 19.7. The zero-order valence-corrected chi connectivity index (χ0v) is 18.7. The van der Waals surface area contributed by atoms with Gasteiger partial charge in [0.2, 0.25) is 0 Å². The van der Waals surface area contributed by atoms with Crippen LogP contribution in [0, 0.1) is 5.92 Å². The van der Waals surface area contributed by atoms with Gasteiger partial charge in [-0.1, -0.05) is 46.8 Å². The fourth-order valence-electron chi connectivity index (χ4n) is 2.59. The number of pyridine rings is 1. The highest BCUT2D eigenvalue weighted by Crippen LogP contribution is 2.20. The Morgan fingerprint density at radius 3 is 1.96 bits per heavy atom. The first-order valence-corrected chi connectivity index (χ1v) is 10.5. The molecule has 0 aromatic carbocycles. The van der Waals surface area contributed by atoms with Gasteiger partial charge in [-0.05, 0) is 44.2 Å². The molecule has 0 radical (unpaired) electrons. The van der Waals surface area contributed by atoms with Gasteiger partial charge in [-0.25, -0.2) is 9.99 Å². The molecular weight excluding hydrogens is 334 g/mol. The lowest BCUT2D eigenvalue weighted by molar-refractivity contribution is 0.350. The number of piperidine rings is 1. The Morgan fingerprint density at radius 1 is 1.07 bits per heavy atom. The second-order valence-corrected chi connectivity index (χ2v) is 6.31. The number of hydrogen-bond donors (Lipinski definition) is 2. The predicted molar refractivity (Wildman–Crippen MR) is 122 cm³/mol. The number of rotatable bonds is 1. The van der Waals surface area contributed by atoms with E-state index in [1.165, 1.54) is 12.8 Å². The van der Waals surface area contributed by atoms with Crippen molar-refractivity contribution in [2.45, 2.75) is 66.8 Å². The third kappa shape index (κ3) is 14.3. The van der Waals surface area contributed by atoms with Crippen LogP contribution in [-0.4, -0.2) is 42.2 Å². The van der Waals surface area contributed by atoms with Crippen LogP contribution in [0.25, 0.3) is 0 Å². The summed E-state index contributed by atoms with van der Waals surface area (Å²) < 4.78 is 0. The van der Waals surface area contributed by atoms with Crippen LogP contribution in [0.3, 0.4) is 0 Å². The molecule has 158 valence electrons. The quantitative estimate of drug-likeness (QED) is 0.557. The molecule has 27 heavy (non-hydrogen) atoms. The minimum atomic E-state index is 0.324. The smallest absolute Gasteiger partial charge is 0.128 e. The number of nitrogens with zero attached hydrogens (tertiary/aromatic N) is 3. The average molecular weight is 380 g/mol. The summed E-state index contributed by atoms with van der Waals surface area (Å²) in [7, 11) is 0. The molecule has 0 bridgehead atoms. The Balaban J connectivity index is 0. The van der Waals surface area contributed by atoms with Gasteiger partial charge in [0, 0.05) is 38.4 Å². The van der Waals surface area contributed by atoms with Gasteiger partial charge in [0.05, 0.1) is 0 Å². The van der Waals surface area contributed by atoms with Gasteiger partial charge in [0.15, 0.2) is 0 Å². The Labute approximate surface area is 168 Å². The third-order valence-electron chi connectivity index (χ3n) is 4.01. The highest BCUT2D eigenvalue weighted by molar-refractivity contribution is 5.37. The van der Waals surface area contributed by atoms with E-state index in [1.807, 2.05) is 46.9 Å². The van der Waals surface area contributed by atoms with Crippen LogP contribution in [0.2, 0.25) is 0 Å². The van der Waals surface area contributed by atoms with E-state index in [0.717, 1.165) is 44.3 Å². The number of anilines is 1. The van der Waals surface area contributed by atoms with Crippen molar-refractivity contribution >= 4 is 5.82 Å². The molecule has 0 amide bonds. The van der Waals surface area contributed by atoms with Crippen molar-refractivity contribution in [1.82, 2.24) is 9.99 Å². The van der Waals surface area contributed by atoms with Crippen molar-refractivity contribution in [2.24, 2.45) is 17.5 Å². The summed E-state index contributed by atoms with van der Waals surface area (Å²) in [5.74, 6) is 7.40. The molecule has 2 aliphatic rings. The number of aromatic nitrogens is 1. The van der Waals surface area contributed by atoms with Crippen molar-refractivity contribution in [3.63, 3.8) is 0 Å². The molecule has 0 aliphatic carbocycles. The molecule has 3 rings (SSSR count). The first-order chi connectivity index (χ1) is 13.1. The molecule has 0 unspecified atom stereocenters. The van der Waals surface area contributed by atoms with Crippen LogP contribution in [0.4, 0.5) is 5.82 Å². The molecule has 2 fully saturated rings. The lowest BCUT2D eigenvalue weighted by Gasteiger charge is -2.31. The molecule has 1 atom stereocenters. The van der Waals surface area contributed by atoms with Crippen molar-refractivity contribution in [1.29, 1.82) is 0 Å². The van der Waals surface area contributed by atoms with E-state index in [-0.39, 0.29) is 0 Å². The van der Waals surface area contributed by atoms with E-state index in [2.05, 4.69) is 35.5 Å². The molecule has 5 nitrogen and oxygen atoms in total. The van der Waals surface area contributed by atoms with Gasteiger partial charge in [-0.15, -0.1) is 6.58 Å². The summed E-state index contributed by atoms with van der Waals surface area (Å²) >= 11 is 0. The van der Waals surface area contributed by atoms with E-state index in [9.17, 15) is 0 Å². The second kappa shape index (κ2) is 19.3. The van der Waals surface area contributed by atoms with Crippen molar-refractivity contribution in [2.75, 3.05) is 31.1 Å². The van der Waals surface area contributed by atoms with Crippen LogP contribution in [0.5, 0.6) is 0 Å². The minimum Gasteiger partial charge on any atom is -0.357 e. The van der Waals surface area contributed by atoms with E-state index >= 15 is 0 Å². The van der Waals surface area contributed by atoms with Crippen molar-refractivity contribution < 1.29 is 0 Å². The third-order valence-corrected chi connectivity index (χ3v) is 4.01. The van der Waals surface area contributed by atoms with E-state index in [0.29, 0.717) is 6.04 Å². The summed E-state index contributed by atoms with van der Waals surface area (Å²) in [4.78, 5) is 6.73. The lowest BCUT2D eigenvalue weighted by atomic mass is 9.99. The van der Waals surface area contributed by atoms with Gasteiger partial charge < -0.3 is 10.6 Å². The number of nitrogens with two attached hydrogens (primary N) is 2. The Kier molecular flexibility index (Phi) is 19.9. The standard InChI is InChI=1S/C11H16N2.C4H11N3.C3H6.2C2H6/c1-10-5-8-13(9-6-10)11-4-2-3-7-12-11;5-4-1-2-7(6)3-4;1-3-2;2*1-2/h2-4,7,10H,5-6,8-9H2,1H3;4H,1-3,5-6H2;3H,1H2,2H3;2*1-2H3/t;4-;;;/m.0.../s1. The summed E-state index contributed by atoms with van der Waals surface area (Å²) in [6.07, 6.45) is 7.27. The lowest BCUT2D eigenvalue weighted by Crippen LogP contribution is -2.33. The van der Waals surface area contributed by atoms with Gasteiger partial charge in [-0.2, -0.15) is 0 Å². The molecular formula is C22H45N5. The summed E-state index contributed by atoms with van der Waals surface area (Å²) in [6, 6.07) is 6.44. The minimum absolute atomic E-state index is 0.324. The fraction of sp³-hybridized carbons (Fsp3) is 0.682. The summed E-state index contributed by atoms with van der Waals surface area (Å²) in [5, 5.41) is 1.75. The maximum absolute atomic E-state index is 5.50. The van der Waals surface area contributed by atoms with Crippen LogP contribution >= 0.6 is 0 Å². The predicted octanol–water partition coefficient (Wildman–Crippen LogP) is 4.46. The van der Waals surface area contributed by atoms with E-state index in [4.69, 9.17) is 11.6 Å². The number of hydrazine groups is 1. The number of hydrogen-bond acceptors (Lipinski definition) is 5. The maximum atomic E-state index is 5.50. The Morgan fingerprint density at radius 2 is 1.63 bits per heavy atom. The first kappa shape index (κ1) is 27.8. The topological polar surface area (TPSA) is 71.4 Å². The molecule has 0 saturated carbocycles. The largest absolute Gasteiger partial charge is 0.357 e. The molecule has 1 aromatic rings. The molecule has 1 aromatic heterocycles. The molecule has 4 N–H and O–H groups in total. The van der Waals surface area contributed by atoms with Crippen molar-refractivity contribution in [3.8, 4) is 0 Å².